The van der Waals surface area contributed by atoms with Crippen LogP contribution in [0.1, 0.15) is 11.6 Å². The average molecular weight is 164 g/mol. The third-order valence-electron chi connectivity index (χ3n) is 2.39. The molecule has 1 heterocycles. The molecule has 0 saturated carbocycles. The SMILES string of the molecule is CN1c2ccccc2C(N)C1O. The zero-order valence-electron chi connectivity index (χ0n) is 6.94. The Morgan fingerprint density at radius 3 is 2.75 bits per heavy atom. The van der Waals surface area contributed by atoms with Crippen LogP contribution in [0.2, 0.25) is 0 Å². The van der Waals surface area contributed by atoms with Crippen LogP contribution in [0.5, 0.6) is 0 Å². The maximum atomic E-state index is 9.59. The molecule has 0 amide bonds. The van der Waals surface area contributed by atoms with Crippen molar-refractivity contribution < 1.29 is 5.11 Å². The van der Waals surface area contributed by atoms with Crippen LogP contribution in [0.25, 0.3) is 0 Å². The van der Waals surface area contributed by atoms with Crippen molar-refractivity contribution in [2.45, 2.75) is 12.3 Å². The molecule has 0 saturated heterocycles. The lowest BCUT2D eigenvalue weighted by Gasteiger charge is -2.18. The number of nitrogens with two attached hydrogens (primary N) is 1. The van der Waals surface area contributed by atoms with Crippen LogP contribution >= 0.6 is 0 Å². The number of benzene rings is 1. The van der Waals surface area contributed by atoms with Gasteiger partial charge in [0.2, 0.25) is 0 Å². The molecule has 12 heavy (non-hydrogen) atoms. The fourth-order valence-electron chi connectivity index (χ4n) is 1.63. The zero-order valence-corrected chi connectivity index (χ0v) is 6.94. The van der Waals surface area contributed by atoms with E-state index in [1.165, 1.54) is 0 Å². The van der Waals surface area contributed by atoms with Gasteiger partial charge in [0, 0.05) is 12.7 Å². The van der Waals surface area contributed by atoms with E-state index < -0.39 is 6.23 Å². The van der Waals surface area contributed by atoms with Crippen LogP contribution in [0.4, 0.5) is 5.69 Å². The van der Waals surface area contributed by atoms with Crippen molar-refractivity contribution in [1.29, 1.82) is 0 Å². The number of nitrogens with zero attached hydrogens (tertiary/aromatic N) is 1. The summed E-state index contributed by atoms with van der Waals surface area (Å²) in [6.45, 7) is 0. The molecule has 0 radical (unpaired) electrons. The molecular weight excluding hydrogens is 152 g/mol. The number of hydrogen-bond acceptors (Lipinski definition) is 3. The maximum absolute atomic E-state index is 9.59. The van der Waals surface area contributed by atoms with E-state index in [0.29, 0.717) is 0 Å². The fourth-order valence-corrected chi connectivity index (χ4v) is 1.63. The van der Waals surface area contributed by atoms with E-state index in [2.05, 4.69) is 0 Å². The van der Waals surface area contributed by atoms with Gasteiger partial charge in [0.25, 0.3) is 0 Å². The molecule has 2 atom stereocenters. The van der Waals surface area contributed by atoms with E-state index in [9.17, 15) is 5.11 Å². The molecule has 1 aliphatic heterocycles. The van der Waals surface area contributed by atoms with Gasteiger partial charge in [0.05, 0.1) is 6.04 Å². The van der Waals surface area contributed by atoms with Crippen molar-refractivity contribution in [3.8, 4) is 0 Å². The minimum Gasteiger partial charge on any atom is -0.372 e. The molecule has 0 aromatic heterocycles. The average Bonchev–Trinajstić information content (AvgIpc) is 2.33. The van der Waals surface area contributed by atoms with Gasteiger partial charge in [-0.15, -0.1) is 0 Å². The number of anilines is 1. The molecule has 1 aromatic rings. The van der Waals surface area contributed by atoms with Crippen LogP contribution in [-0.2, 0) is 0 Å². The number of aliphatic hydroxyl groups excluding tert-OH is 1. The molecule has 1 aliphatic rings. The van der Waals surface area contributed by atoms with E-state index in [1.807, 2.05) is 31.3 Å². The Morgan fingerprint density at radius 1 is 1.42 bits per heavy atom. The molecule has 3 nitrogen and oxygen atoms in total. The summed E-state index contributed by atoms with van der Waals surface area (Å²) in [6, 6.07) is 7.52. The molecule has 64 valence electrons. The van der Waals surface area contributed by atoms with E-state index in [4.69, 9.17) is 5.73 Å². The number of likely N-dealkylation sites (N-methyl/N-ethyl adjacent to an activating group) is 1. The van der Waals surface area contributed by atoms with Gasteiger partial charge in [-0.1, -0.05) is 18.2 Å². The molecule has 3 heteroatoms. The molecule has 2 rings (SSSR count). The topological polar surface area (TPSA) is 49.5 Å². The number of aliphatic hydroxyl groups is 1. The first-order valence-corrected chi connectivity index (χ1v) is 3.97. The van der Waals surface area contributed by atoms with Crippen molar-refractivity contribution in [1.82, 2.24) is 0 Å². The van der Waals surface area contributed by atoms with Crippen molar-refractivity contribution in [2.75, 3.05) is 11.9 Å². The third kappa shape index (κ3) is 0.838. The standard InChI is InChI=1S/C9H12N2O/c1-11-7-5-3-2-4-6(7)8(10)9(11)12/h2-5,8-9,12H,10H2,1H3. The van der Waals surface area contributed by atoms with Gasteiger partial charge in [-0.3, -0.25) is 0 Å². The van der Waals surface area contributed by atoms with Gasteiger partial charge in [0.1, 0.15) is 6.23 Å². The summed E-state index contributed by atoms with van der Waals surface area (Å²) in [5, 5.41) is 9.59. The Hall–Kier alpha value is -1.06. The molecule has 0 aliphatic carbocycles. The Balaban J connectivity index is 2.52. The number of fused-ring (bicyclic) bond motifs is 1. The first-order chi connectivity index (χ1) is 5.72. The lowest BCUT2D eigenvalue weighted by molar-refractivity contribution is 0.157. The number of rotatable bonds is 0. The largest absolute Gasteiger partial charge is 0.372 e. The van der Waals surface area contributed by atoms with Gasteiger partial charge in [0.15, 0.2) is 0 Å². The second kappa shape index (κ2) is 2.47. The van der Waals surface area contributed by atoms with Crippen LogP contribution < -0.4 is 10.6 Å². The first kappa shape index (κ1) is 7.58. The van der Waals surface area contributed by atoms with Gasteiger partial charge in [-0.05, 0) is 11.6 Å². The van der Waals surface area contributed by atoms with E-state index in [1.54, 1.807) is 4.90 Å². The summed E-state index contributed by atoms with van der Waals surface area (Å²) in [5.74, 6) is 0. The highest BCUT2D eigenvalue weighted by molar-refractivity contribution is 5.59. The summed E-state index contributed by atoms with van der Waals surface area (Å²) in [4.78, 5) is 1.79. The minimum absolute atomic E-state index is 0.272. The summed E-state index contributed by atoms with van der Waals surface area (Å²) in [6.07, 6.45) is -0.581. The quantitative estimate of drug-likeness (QED) is 0.585. The molecule has 1 aromatic carbocycles. The maximum Gasteiger partial charge on any atom is 0.146 e. The Bertz CT molecular complexity index is 271. The number of hydrogen-bond donors (Lipinski definition) is 2. The summed E-state index contributed by atoms with van der Waals surface area (Å²) >= 11 is 0. The van der Waals surface area contributed by atoms with Gasteiger partial charge >= 0.3 is 0 Å². The highest BCUT2D eigenvalue weighted by Crippen LogP contribution is 2.35. The fraction of sp³-hybridized carbons (Fsp3) is 0.333. The predicted molar refractivity (Wildman–Crippen MR) is 47.8 cm³/mol. The molecule has 0 fully saturated rings. The van der Waals surface area contributed by atoms with Gasteiger partial charge in [-0.2, -0.15) is 0 Å². The molecule has 0 spiro atoms. The smallest absolute Gasteiger partial charge is 0.146 e. The van der Waals surface area contributed by atoms with E-state index in [-0.39, 0.29) is 6.04 Å². The van der Waals surface area contributed by atoms with Crippen molar-refractivity contribution in [2.24, 2.45) is 5.73 Å². The molecular formula is C9H12N2O. The molecule has 0 bridgehead atoms. The third-order valence-corrected chi connectivity index (χ3v) is 2.39. The van der Waals surface area contributed by atoms with Crippen molar-refractivity contribution in [3.63, 3.8) is 0 Å². The first-order valence-electron chi connectivity index (χ1n) is 3.97. The second-order valence-electron chi connectivity index (χ2n) is 3.11. The zero-order chi connectivity index (χ0) is 8.72. The highest BCUT2D eigenvalue weighted by Gasteiger charge is 2.31. The summed E-state index contributed by atoms with van der Waals surface area (Å²) in [5.41, 5.74) is 7.83. The lowest BCUT2D eigenvalue weighted by atomic mass is 10.1. The van der Waals surface area contributed by atoms with Crippen LogP contribution in [0, 0.1) is 0 Å². The normalized spacial score (nSPS) is 27.4. The molecule has 3 N–H and O–H groups in total. The lowest BCUT2D eigenvalue weighted by Crippen LogP contribution is -2.33. The molecule has 2 unspecified atom stereocenters. The Labute approximate surface area is 71.4 Å². The highest BCUT2D eigenvalue weighted by atomic mass is 16.3. The monoisotopic (exact) mass is 164 g/mol. The second-order valence-corrected chi connectivity index (χ2v) is 3.11. The Morgan fingerprint density at radius 2 is 2.08 bits per heavy atom. The van der Waals surface area contributed by atoms with Gasteiger partial charge < -0.3 is 15.7 Å². The van der Waals surface area contributed by atoms with Crippen molar-refractivity contribution in [3.05, 3.63) is 29.8 Å². The predicted octanol–water partition coefficient (Wildman–Crippen LogP) is 0.455. The van der Waals surface area contributed by atoms with Gasteiger partial charge in [-0.25, -0.2) is 0 Å². The van der Waals surface area contributed by atoms with E-state index >= 15 is 0 Å². The summed E-state index contributed by atoms with van der Waals surface area (Å²) < 4.78 is 0. The Kier molecular flexibility index (Phi) is 1.56. The van der Waals surface area contributed by atoms with Crippen LogP contribution in [0.3, 0.4) is 0 Å². The van der Waals surface area contributed by atoms with Crippen LogP contribution in [0.15, 0.2) is 24.3 Å². The summed E-state index contributed by atoms with van der Waals surface area (Å²) in [7, 11) is 1.84. The minimum atomic E-state index is -0.581. The van der Waals surface area contributed by atoms with E-state index in [0.717, 1.165) is 11.3 Å². The van der Waals surface area contributed by atoms with Crippen molar-refractivity contribution >= 4 is 5.69 Å². The number of para-hydroxylation sites is 1. The van der Waals surface area contributed by atoms with Crippen LogP contribution in [-0.4, -0.2) is 18.4 Å².